The highest BCUT2D eigenvalue weighted by molar-refractivity contribution is 7.93. The van der Waals surface area contributed by atoms with Gasteiger partial charge in [0.1, 0.15) is 10.5 Å². The molecule has 1 saturated carbocycles. The summed E-state index contributed by atoms with van der Waals surface area (Å²) in [4.78, 5) is 11.6. The van der Waals surface area contributed by atoms with Crippen LogP contribution >= 0.6 is 11.6 Å². The second kappa shape index (κ2) is 6.25. The smallest absolute Gasteiger partial charge is 0.412 e. The van der Waals surface area contributed by atoms with Crippen LogP contribution in [0.5, 0.6) is 5.75 Å². The molecule has 2 aliphatic rings. The first-order chi connectivity index (χ1) is 12.3. The van der Waals surface area contributed by atoms with Gasteiger partial charge >= 0.3 is 6.09 Å². The van der Waals surface area contributed by atoms with Gasteiger partial charge in [-0.25, -0.2) is 13.2 Å². The highest BCUT2D eigenvalue weighted by atomic mass is 35.5. The average molecular weight is 418 g/mol. The maximum absolute atomic E-state index is 13.2. The minimum Gasteiger partial charge on any atom is -0.504 e. The molecule has 1 saturated heterocycles. The second-order valence-corrected chi connectivity index (χ2v) is 11.5. The Labute approximate surface area is 163 Å². The quantitative estimate of drug-likeness (QED) is 0.726. The summed E-state index contributed by atoms with van der Waals surface area (Å²) < 4.78 is 35.8. The second-order valence-electron chi connectivity index (χ2n) is 8.70. The monoisotopic (exact) mass is 417 g/mol. The van der Waals surface area contributed by atoms with Gasteiger partial charge in [0.2, 0.25) is 0 Å². The zero-order valence-corrected chi connectivity index (χ0v) is 17.3. The third-order valence-electron chi connectivity index (χ3n) is 4.95. The maximum Gasteiger partial charge on any atom is 0.412 e. The predicted octanol–water partition coefficient (Wildman–Crippen LogP) is 3.74. The number of amides is 1. The molecule has 1 spiro atoms. The molecule has 0 bridgehead atoms. The molecule has 1 aromatic carbocycles. The van der Waals surface area contributed by atoms with Gasteiger partial charge in [-0.15, -0.1) is 0 Å². The van der Waals surface area contributed by atoms with Crippen LogP contribution in [0.15, 0.2) is 17.0 Å². The number of hydrogen-bond acceptors (Lipinski definition) is 6. The van der Waals surface area contributed by atoms with Crippen LogP contribution in [0, 0.1) is 5.41 Å². The first kappa shape index (κ1) is 20.2. The lowest BCUT2D eigenvalue weighted by atomic mass is 9.61. The number of sulfone groups is 1. The Kier molecular flexibility index (Phi) is 4.68. The van der Waals surface area contributed by atoms with Crippen LogP contribution in [-0.4, -0.2) is 43.2 Å². The van der Waals surface area contributed by atoms with Crippen LogP contribution in [-0.2, 0) is 19.3 Å². The number of rotatable bonds is 3. The van der Waals surface area contributed by atoms with Crippen LogP contribution in [0.1, 0.15) is 40.5 Å². The number of carbonyl (C=O) groups is 1. The molecular weight excluding hydrogens is 394 g/mol. The molecule has 150 valence electrons. The summed E-state index contributed by atoms with van der Waals surface area (Å²) in [5.41, 5.74) is -0.896. The molecule has 1 amide bonds. The van der Waals surface area contributed by atoms with Gasteiger partial charge < -0.3 is 14.6 Å². The maximum atomic E-state index is 13.2. The molecule has 0 radical (unpaired) electrons. The van der Waals surface area contributed by atoms with Crippen molar-refractivity contribution in [2.24, 2.45) is 5.41 Å². The van der Waals surface area contributed by atoms with Crippen molar-refractivity contribution < 1.29 is 27.8 Å². The highest BCUT2D eigenvalue weighted by Crippen LogP contribution is 2.59. The minimum absolute atomic E-state index is 0.0724. The number of nitrogens with one attached hydrogen (secondary N) is 1. The lowest BCUT2D eigenvalue weighted by Gasteiger charge is -2.58. The first-order valence-electron chi connectivity index (χ1n) is 8.63. The number of benzene rings is 1. The van der Waals surface area contributed by atoms with E-state index in [0.29, 0.717) is 26.1 Å². The Morgan fingerprint density at radius 1 is 1.30 bits per heavy atom. The third kappa shape index (κ3) is 3.50. The van der Waals surface area contributed by atoms with Crippen molar-refractivity contribution in [3.63, 3.8) is 0 Å². The Balaban J connectivity index is 1.90. The van der Waals surface area contributed by atoms with E-state index in [-0.39, 0.29) is 21.0 Å². The van der Waals surface area contributed by atoms with E-state index >= 15 is 0 Å². The lowest BCUT2D eigenvalue weighted by Crippen LogP contribution is -2.62. The summed E-state index contributed by atoms with van der Waals surface area (Å²) in [5.74, 6) is -0.583. The molecule has 0 aromatic heterocycles. The number of anilines is 1. The number of halogens is 1. The van der Waals surface area contributed by atoms with Gasteiger partial charge in [-0.1, -0.05) is 11.6 Å². The summed E-state index contributed by atoms with van der Waals surface area (Å²) in [7, 11) is -3.93. The first-order valence-corrected chi connectivity index (χ1v) is 10.5. The molecule has 1 aromatic rings. The molecule has 0 atom stereocenters. The van der Waals surface area contributed by atoms with Crippen molar-refractivity contribution in [2.75, 3.05) is 18.5 Å². The SMILES string of the molecule is CC(C)(C)OC(=O)Nc1ccc(Cl)c(S(=O)(=O)C2(C)CC3(COC3)C2)c1O. The van der Waals surface area contributed by atoms with Crippen LogP contribution in [0.25, 0.3) is 0 Å². The van der Waals surface area contributed by atoms with E-state index < -0.39 is 32.0 Å². The van der Waals surface area contributed by atoms with Gasteiger partial charge in [-0.05, 0) is 52.7 Å². The predicted molar refractivity (Wildman–Crippen MR) is 101 cm³/mol. The van der Waals surface area contributed by atoms with Gasteiger partial charge in [0.05, 0.1) is 28.7 Å². The summed E-state index contributed by atoms with van der Waals surface area (Å²) in [6.07, 6.45) is 0.0906. The lowest BCUT2D eigenvalue weighted by molar-refractivity contribution is -0.168. The zero-order chi connectivity index (χ0) is 20.3. The van der Waals surface area contributed by atoms with E-state index in [2.05, 4.69) is 5.32 Å². The number of phenolic OH excluding ortho intramolecular Hbond substituents is 1. The Hall–Kier alpha value is -1.51. The third-order valence-corrected chi connectivity index (χ3v) is 7.91. The molecule has 9 heteroatoms. The van der Waals surface area contributed by atoms with Gasteiger partial charge in [0.25, 0.3) is 0 Å². The molecule has 3 rings (SSSR count). The van der Waals surface area contributed by atoms with Crippen LogP contribution < -0.4 is 5.32 Å². The number of phenols is 1. The fraction of sp³-hybridized carbons (Fsp3) is 0.611. The van der Waals surface area contributed by atoms with Gasteiger partial charge in [-0.2, -0.15) is 0 Å². The van der Waals surface area contributed by atoms with Gasteiger partial charge in [0.15, 0.2) is 15.6 Å². The number of aromatic hydroxyl groups is 1. The Morgan fingerprint density at radius 2 is 1.89 bits per heavy atom. The molecule has 27 heavy (non-hydrogen) atoms. The standard InChI is InChI=1S/C18H24ClNO6S/c1-16(2,3)26-15(22)20-12-6-5-11(19)14(13(12)21)27(23,24)17(4)7-18(8-17)9-25-10-18/h5-6,21H,7-10H2,1-4H3,(H,20,22). The van der Waals surface area contributed by atoms with Crippen molar-refractivity contribution >= 4 is 33.2 Å². The summed E-state index contributed by atoms with van der Waals surface area (Å²) in [5, 5.41) is 12.9. The molecule has 2 N–H and O–H groups in total. The summed E-state index contributed by atoms with van der Waals surface area (Å²) in [6, 6.07) is 2.68. The van der Waals surface area contributed by atoms with E-state index in [9.17, 15) is 18.3 Å². The van der Waals surface area contributed by atoms with Crippen molar-refractivity contribution in [3.05, 3.63) is 17.2 Å². The fourth-order valence-corrected chi connectivity index (χ4v) is 6.51. The molecule has 1 aliphatic heterocycles. The van der Waals surface area contributed by atoms with Gasteiger partial charge in [0, 0.05) is 5.41 Å². The largest absolute Gasteiger partial charge is 0.504 e. The van der Waals surface area contributed by atoms with Crippen molar-refractivity contribution in [2.45, 2.75) is 55.8 Å². The normalized spacial score (nSPS) is 20.5. The zero-order valence-electron chi connectivity index (χ0n) is 15.8. The minimum atomic E-state index is -3.93. The van der Waals surface area contributed by atoms with Crippen molar-refractivity contribution in [1.82, 2.24) is 0 Å². The Morgan fingerprint density at radius 3 is 2.37 bits per heavy atom. The van der Waals surface area contributed by atoms with Crippen LogP contribution in [0.3, 0.4) is 0 Å². The van der Waals surface area contributed by atoms with E-state index in [1.54, 1.807) is 27.7 Å². The number of carbonyl (C=O) groups excluding carboxylic acids is 1. The van der Waals surface area contributed by atoms with Crippen LogP contribution in [0.4, 0.5) is 10.5 Å². The van der Waals surface area contributed by atoms with Crippen molar-refractivity contribution in [3.8, 4) is 5.75 Å². The Bertz CT molecular complexity index is 878. The van der Waals surface area contributed by atoms with E-state index in [1.807, 2.05) is 0 Å². The average Bonchev–Trinajstić information content (AvgIpc) is 2.42. The number of hydrogen-bond donors (Lipinski definition) is 2. The summed E-state index contributed by atoms with van der Waals surface area (Å²) >= 11 is 6.13. The molecular formula is C18H24ClNO6S. The summed E-state index contributed by atoms with van der Waals surface area (Å²) in [6.45, 7) is 7.84. The van der Waals surface area contributed by atoms with E-state index in [0.717, 1.165) is 0 Å². The highest BCUT2D eigenvalue weighted by Gasteiger charge is 2.62. The van der Waals surface area contributed by atoms with Crippen molar-refractivity contribution in [1.29, 1.82) is 0 Å². The number of ether oxygens (including phenoxy) is 2. The molecule has 7 nitrogen and oxygen atoms in total. The molecule has 1 aliphatic carbocycles. The molecule has 0 unspecified atom stereocenters. The topological polar surface area (TPSA) is 102 Å². The van der Waals surface area contributed by atoms with Crippen LogP contribution in [0.2, 0.25) is 5.02 Å². The molecule has 1 heterocycles. The fourth-order valence-electron chi connectivity index (χ4n) is 3.88. The van der Waals surface area contributed by atoms with E-state index in [1.165, 1.54) is 12.1 Å². The van der Waals surface area contributed by atoms with Gasteiger partial charge in [-0.3, -0.25) is 5.32 Å². The molecule has 2 fully saturated rings. The van der Waals surface area contributed by atoms with E-state index in [4.69, 9.17) is 21.1 Å².